The van der Waals surface area contributed by atoms with Gasteiger partial charge in [-0.05, 0) is 36.6 Å². The third-order valence-corrected chi connectivity index (χ3v) is 6.17. The van der Waals surface area contributed by atoms with Crippen LogP contribution in [0.1, 0.15) is 32.1 Å². The van der Waals surface area contributed by atoms with Crippen LogP contribution in [0.2, 0.25) is 0 Å². The molecule has 4 aromatic rings. The molecular formula is C28H25F3N4O. The van der Waals surface area contributed by atoms with Gasteiger partial charge in [-0.2, -0.15) is 0 Å². The van der Waals surface area contributed by atoms with Crippen molar-refractivity contribution in [2.24, 2.45) is 0 Å². The Hall–Kier alpha value is -3.94. The lowest BCUT2D eigenvalue weighted by atomic mass is 9.95. The van der Waals surface area contributed by atoms with E-state index in [0.29, 0.717) is 17.6 Å². The van der Waals surface area contributed by atoms with E-state index in [1.165, 1.54) is 31.4 Å². The van der Waals surface area contributed by atoms with E-state index < -0.39 is 6.36 Å². The lowest BCUT2D eigenvalue weighted by Gasteiger charge is -2.23. The summed E-state index contributed by atoms with van der Waals surface area (Å²) in [7, 11) is 0. The maximum atomic E-state index is 12.5. The fourth-order valence-electron chi connectivity index (χ4n) is 4.43. The van der Waals surface area contributed by atoms with Gasteiger partial charge in [0.2, 0.25) is 0 Å². The molecule has 184 valence electrons. The molecule has 0 aliphatic heterocycles. The Labute approximate surface area is 207 Å². The monoisotopic (exact) mass is 490 g/mol. The molecule has 0 radical (unpaired) electrons. The Morgan fingerprint density at radius 3 is 2.19 bits per heavy atom. The summed E-state index contributed by atoms with van der Waals surface area (Å²) in [6, 6.07) is 19.8. The van der Waals surface area contributed by atoms with Crippen LogP contribution in [0.15, 0.2) is 79.1 Å². The minimum absolute atomic E-state index is 0.267. The van der Waals surface area contributed by atoms with E-state index in [1.54, 1.807) is 24.5 Å². The lowest BCUT2D eigenvalue weighted by molar-refractivity contribution is -0.274. The topological polar surface area (TPSA) is 59.9 Å². The Morgan fingerprint density at radius 1 is 0.750 bits per heavy atom. The van der Waals surface area contributed by atoms with Crippen molar-refractivity contribution in [2.45, 2.75) is 44.5 Å². The van der Waals surface area contributed by atoms with E-state index >= 15 is 0 Å². The summed E-state index contributed by atoms with van der Waals surface area (Å²) < 4.78 is 41.5. The van der Waals surface area contributed by atoms with Crippen molar-refractivity contribution in [3.05, 3.63) is 79.1 Å². The quantitative estimate of drug-likeness (QED) is 0.303. The Kier molecular flexibility index (Phi) is 6.84. The molecule has 8 heteroatoms. The average molecular weight is 491 g/mol. The normalized spacial score (nSPS) is 14.4. The molecule has 1 N–H and O–H groups in total. The van der Waals surface area contributed by atoms with Crippen molar-refractivity contribution in [1.29, 1.82) is 0 Å². The third-order valence-electron chi connectivity index (χ3n) is 6.17. The summed E-state index contributed by atoms with van der Waals surface area (Å²) in [4.78, 5) is 14.0. The van der Waals surface area contributed by atoms with Crippen LogP contribution in [0.25, 0.3) is 33.8 Å². The van der Waals surface area contributed by atoms with E-state index in [1.807, 2.05) is 42.5 Å². The molecule has 0 unspecified atom stereocenters. The molecule has 0 saturated heterocycles. The number of benzene rings is 2. The molecule has 1 fully saturated rings. The number of pyridine rings is 1. The summed E-state index contributed by atoms with van der Waals surface area (Å²) in [5.41, 5.74) is 3.89. The molecule has 1 aliphatic carbocycles. The highest BCUT2D eigenvalue weighted by atomic mass is 19.4. The molecule has 1 saturated carbocycles. The predicted molar refractivity (Wildman–Crippen MR) is 133 cm³/mol. The molecule has 2 heterocycles. The van der Waals surface area contributed by atoms with E-state index in [-0.39, 0.29) is 5.75 Å². The fraction of sp³-hybridized carbons (Fsp3) is 0.250. The summed E-state index contributed by atoms with van der Waals surface area (Å²) in [6.45, 7) is 0. The van der Waals surface area contributed by atoms with E-state index in [2.05, 4.69) is 15.0 Å². The average Bonchev–Trinajstić information content (AvgIpc) is 2.89. The third kappa shape index (κ3) is 6.00. The number of nitrogens with one attached hydrogen (secondary N) is 1. The zero-order valence-corrected chi connectivity index (χ0v) is 19.5. The molecule has 5 rings (SSSR count). The van der Waals surface area contributed by atoms with Crippen LogP contribution < -0.4 is 10.1 Å². The first-order valence-corrected chi connectivity index (χ1v) is 12.0. The molecule has 2 aromatic heterocycles. The summed E-state index contributed by atoms with van der Waals surface area (Å²) in [5, 5.41) is 3.59. The maximum absolute atomic E-state index is 12.5. The van der Waals surface area contributed by atoms with Gasteiger partial charge in [-0.15, -0.1) is 13.2 Å². The molecule has 1 aliphatic rings. The predicted octanol–water partition coefficient (Wildman–Crippen LogP) is 7.52. The first-order valence-electron chi connectivity index (χ1n) is 12.0. The number of halogens is 3. The maximum Gasteiger partial charge on any atom is 0.573 e. The smallest absolute Gasteiger partial charge is 0.406 e. The van der Waals surface area contributed by atoms with Crippen molar-refractivity contribution in [1.82, 2.24) is 15.0 Å². The van der Waals surface area contributed by atoms with Crippen LogP contribution in [-0.4, -0.2) is 27.4 Å². The van der Waals surface area contributed by atoms with Gasteiger partial charge < -0.3 is 10.1 Å². The van der Waals surface area contributed by atoms with Gasteiger partial charge >= 0.3 is 6.36 Å². The number of anilines is 1. The highest BCUT2D eigenvalue weighted by molar-refractivity contribution is 5.73. The van der Waals surface area contributed by atoms with Crippen LogP contribution in [0.3, 0.4) is 0 Å². The molecule has 36 heavy (non-hydrogen) atoms. The molecule has 2 aromatic carbocycles. The second-order valence-corrected chi connectivity index (χ2v) is 8.84. The second-order valence-electron chi connectivity index (χ2n) is 8.84. The van der Waals surface area contributed by atoms with Crippen molar-refractivity contribution < 1.29 is 17.9 Å². The van der Waals surface area contributed by atoms with Gasteiger partial charge in [0, 0.05) is 41.2 Å². The van der Waals surface area contributed by atoms with Gasteiger partial charge in [-0.1, -0.05) is 61.7 Å². The molecule has 0 amide bonds. The standard InChI is InChI=1S/C28H25F3N4O/c29-28(30,31)36-24-13-11-19(12-14-24)21-15-22(18-32-17-21)25-16-26(33-23-9-5-2-6-10-23)35-27(34-25)20-7-3-1-4-8-20/h1,3-4,7-8,11-18,23H,2,5-6,9-10H2,(H,33,34,35). The molecule has 5 nitrogen and oxygen atoms in total. The number of hydrogen-bond acceptors (Lipinski definition) is 5. The van der Waals surface area contributed by atoms with Crippen molar-refractivity contribution in [2.75, 3.05) is 5.32 Å². The van der Waals surface area contributed by atoms with E-state index in [0.717, 1.165) is 40.9 Å². The number of rotatable bonds is 6. The van der Waals surface area contributed by atoms with Crippen molar-refractivity contribution in [3.63, 3.8) is 0 Å². The fourth-order valence-corrected chi connectivity index (χ4v) is 4.43. The SMILES string of the molecule is FC(F)(F)Oc1ccc(-c2cncc(-c3cc(NC4CCCCC4)nc(-c4ccccc4)n3)c2)cc1. The van der Waals surface area contributed by atoms with Crippen LogP contribution in [-0.2, 0) is 0 Å². The van der Waals surface area contributed by atoms with Crippen LogP contribution in [0.4, 0.5) is 19.0 Å². The Balaban J connectivity index is 1.48. The van der Waals surface area contributed by atoms with Gasteiger partial charge in [0.05, 0.1) is 5.69 Å². The van der Waals surface area contributed by atoms with Crippen molar-refractivity contribution >= 4 is 5.82 Å². The van der Waals surface area contributed by atoms with Crippen LogP contribution in [0.5, 0.6) is 5.75 Å². The highest BCUT2D eigenvalue weighted by Gasteiger charge is 2.31. The van der Waals surface area contributed by atoms with Gasteiger partial charge in [0.15, 0.2) is 5.82 Å². The second kappa shape index (κ2) is 10.4. The molecule has 0 bridgehead atoms. The van der Waals surface area contributed by atoms with Gasteiger partial charge in [-0.25, -0.2) is 9.97 Å². The summed E-state index contributed by atoms with van der Waals surface area (Å²) in [5.74, 6) is 1.12. The number of hydrogen-bond donors (Lipinski definition) is 1. The molecule has 0 atom stereocenters. The minimum atomic E-state index is -4.73. The Bertz CT molecular complexity index is 1300. The van der Waals surface area contributed by atoms with Gasteiger partial charge in [-0.3, -0.25) is 4.98 Å². The Morgan fingerprint density at radius 2 is 1.47 bits per heavy atom. The minimum Gasteiger partial charge on any atom is -0.406 e. The van der Waals surface area contributed by atoms with Crippen molar-refractivity contribution in [3.8, 4) is 39.5 Å². The number of aromatic nitrogens is 3. The number of ether oxygens (including phenoxy) is 1. The number of alkyl halides is 3. The van der Waals surface area contributed by atoms with Gasteiger partial charge in [0.25, 0.3) is 0 Å². The largest absolute Gasteiger partial charge is 0.573 e. The zero-order chi connectivity index (χ0) is 25.0. The zero-order valence-electron chi connectivity index (χ0n) is 19.5. The molecule has 0 spiro atoms. The van der Waals surface area contributed by atoms with Crippen LogP contribution in [0, 0.1) is 0 Å². The van der Waals surface area contributed by atoms with Crippen LogP contribution >= 0.6 is 0 Å². The first kappa shape index (κ1) is 23.8. The summed E-state index contributed by atoms with van der Waals surface area (Å²) in [6.07, 6.45) is 4.59. The van der Waals surface area contributed by atoms with Gasteiger partial charge in [0.1, 0.15) is 11.6 Å². The number of nitrogens with zero attached hydrogens (tertiary/aromatic N) is 3. The molecular weight excluding hydrogens is 465 g/mol. The first-order chi connectivity index (χ1) is 17.4. The van der Waals surface area contributed by atoms with E-state index in [9.17, 15) is 13.2 Å². The highest BCUT2D eigenvalue weighted by Crippen LogP contribution is 2.30. The lowest BCUT2D eigenvalue weighted by Crippen LogP contribution is -2.23. The summed E-state index contributed by atoms with van der Waals surface area (Å²) >= 11 is 0. The van der Waals surface area contributed by atoms with E-state index in [4.69, 9.17) is 9.97 Å².